The molecule has 0 aliphatic heterocycles. The number of benzene rings is 2. The molecule has 0 aliphatic rings. The zero-order valence-electron chi connectivity index (χ0n) is 24.1. The van der Waals surface area contributed by atoms with Crippen LogP contribution in [-0.4, -0.2) is 15.9 Å². The number of para-hydroxylation sites is 1. The predicted octanol–water partition coefficient (Wildman–Crippen LogP) is 9.27. The fourth-order valence-electron chi connectivity index (χ4n) is 4.20. The normalized spacial score (nSPS) is 12.0. The third kappa shape index (κ3) is 8.09. The van der Waals surface area contributed by atoms with Gasteiger partial charge in [0.15, 0.2) is 5.78 Å². The number of carbonyl (C=O) groups is 1. The number of aliphatic hydroxyl groups excluding tert-OH is 1. The zero-order valence-corrected chi connectivity index (χ0v) is 26.5. The van der Waals surface area contributed by atoms with Gasteiger partial charge in [0.2, 0.25) is 0 Å². The fourth-order valence-corrected chi connectivity index (χ4v) is 4.20. The van der Waals surface area contributed by atoms with Crippen LogP contribution in [-0.2, 0) is 24.9 Å². The third-order valence-corrected chi connectivity index (χ3v) is 7.95. The van der Waals surface area contributed by atoms with E-state index in [2.05, 4.69) is 63.2 Å². The zero-order chi connectivity index (χ0) is 27.1. The third-order valence-electron chi connectivity index (χ3n) is 7.95. The van der Waals surface area contributed by atoms with Crippen LogP contribution in [0.25, 0.3) is 22.2 Å². The number of hydrogen-bond acceptors (Lipinski definition) is 3. The minimum atomic E-state index is -0.337. The van der Waals surface area contributed by atoms with Crippen LogP contribution in [0.2, 0.25) is 0 Å². The van der Waals surface area contributed by atoms with Gasteiger partial charge in [0.1, 0.15) is 5.76 Å². The van der Waals surface area contributed by atoms with Gasteiger partial charge in [-0.3, -0.25) is 9.78 Å². The van der Waals surface area contributed by atoms with E-state index >= 15 is 0 Å². The van der Waals surface area contributed by atoms with Crippen LogP contribution < -0.4 is 0 Å². The summed E-state index contributed by atoms with van der Waals surface area (Å²) in [7, 11) is 0. The number of fused-ring (bicyclic) bond motifs is 1. The summed E-state index contributed by atoms with van der Waals surface area (Å²) in [6.07, 6.45) is 4.75. The molecule has 0 spiro atoms. The molecule has 4 heteroatoms. The van der Waals surface area contributed by atoms with Crippen molar-refractivity contribution in [2.24, 2.45) is 10.8 Å². The van der Waals surface area contributed by atoms with Gasteiger partial charge in [-0.2, -0.15) is 0 Å². The first-order valence-corrected chi connectivity index (χ1v) is 13.3. The Morgan fingerprint density at radius 1 is 0.919 bits per heavy atom. The molecule has 1 radical (unpaired) electrons. The quantitative estimate of drug-likeness (QED) is 0.147. The molecule has 3 rings (SSSR count). The predicted molar refractivity (Wildman–Crippen MR) is 153 cm³/mol. The largest absolute Gasteiger partial charge is 0.512 e. The number of hydrogen-bond donors (Lipinski definition) is 1. The van der Waals surface area contributed by atoms with Gasteiger partial charge in [0.05, 0.1) is 5.52 Å². The molecule has 3 aromatic rings. The smallest absolute Gasteiger partial charge is 0.164 e. The van der Waals surface area contributed by atoms with E-state index in [0.29, 0.717) is 0 Å². The Bertz CT molecular complexity index is 1200. The molecule has 1 aromatic heterocycles. The van der Waals surface area contributed by atoms with Crippen LogP contribution in [0.15, 0.2) is 54.3 Å². The SMILES string of the molecule is CCC(C)(CC)C(=O)/C=C(\O)C(C)(CC)CC.Cc1[c-]c(-c2cc(C)c3ccccc3n2)cc(C)c1.[Ir]. The maximum Gasteiger partial charge on any atom is 0.164 e. The summed E-state index contributed by atoms with van der Waals surface area (Å²) in [5.74, 6) is 0.286. The molecular weight excluding hydrogens is 635 g/mol. The van der Waals surface area contributed by atoms with E-state index < -0.39 is 0 Å². The number of pyridine rings is 1. The van der Waals surface area contributed by atoms with E-state index in [-0.39, 0.29) is 42.5 Å². The molecule has 37 heavy (non-hydrogen) atoms. The van der Waals surface area contributed by atoms with Crippen LogP contribution >= 0.6 is 0 Å². The van der Waals surface area contributed by atoms with Gasteiger partial charge in [-0.1, -0.05) is 79.7 Å². The Hall–Kier alpha value is -2.29. The van der Waals surface area contributed by atoms with Crippen molar-refractivity contribution in [1.29, 1.82) is 0 Å². The van der Waals surface area contributed by atoms with Gasteiger partial charge in [-0.15, -0.1) is 34.9 Å². The summed E-state index contributed by atoms with van der Waals surface area (Å²) in [6.45, 7) is 18.4. The number of nitrogens with zero attached hydrogens (tertiary/aromatic N) is 1. The molecule has 0 unspecified atom stereocenters. The van der Waals surface area contributed by atoms with Crippen molar-refractivity contribution < 1.29 is 30.0 Å². The van der Waals surface area contributed by atoms with Gasteiger partial charge in [0.25, 0.3) is 0 Å². The van der Waals surface area contributed by atoms with Crippen LogP contribution in [0.3, 0.4) is 0 Å². The molecule has 203 valence electrons. The molecule has 3 nitrogen and oxygen atoms in total. The Kier molecular flexibility index (Phi) is 12.4. The summed E-state index contributed by atoms with van der Waals surface area (Å²) in [4.78, 5) is 16.9. The number of allylic oxidation sites excluding steroid dienone is 2. The van der Waals surface area contributed by atoms with Gasteiger partial charge >= 0.3 is 0 Å². The fraction of sp³-hybridized carbons (Fsp3) is 0.455. The summed E-state index contributed by atoms with van der Waals surface area (Å²) >= 11 is 0. The van der Waals surface area contributed by atoms with Crippen molar-refractivity contribution in [3.8, 4) is 11.3 Å². The van der Waals surface area contributed by atoms with Crippen molar-refractivity contribution in [3.05, 3.63) is 77.1 Å². The van der Waals surface area contributed by atoms with Crippen molar-refractivity contribution in [3.63, 3.8) is 0 Å². The number of carbonyl (C=O) groups excluding carboxylic acids is 1. The Morgan fingerprint density at radius 3 is 2.03 bits per heavy atom. The first-order valence-electron chi connectivity index (χ1n) is 13.3. The second-order valence-corrected chi connectivity index (χ2v) is 10.5. The molecule has 0 atom stereocenters. The van der Waals surface area contributed by atoms with E-state index in [1.165, 1.54) is 22.6 Å². The summed E-state index contributed by atoms with van der Waals surface area (Å²) < 4.78 is 0. The van der Waals surface area contributed by atoms with Crippen LogP contribution in [0, 0.1) is 37.7 Å². The van der Waals surface area contributed by atoms with E-state index in [4.69, 9.17) is 4.98 Å². The number of aliphatic hydroxyl groups is 1. The molecule has 1 heterocycles. The first-order chi connectivity index (χ1) is 16.9. The Balaban J connectivity index is 0.000000364. The molecule has 0 fully saturated rings. The minimum absolute atomic E-state index is 0. The molecule has 2 aromatic carbocycles. The Labute approximate surface area is 238 Å². The number of aryl methyl sites for hydroxylation is 3. The van der Waals surface area contributed by atoms with Gasteiger partial charge < -0.3 is 5.11 Å². The van der Waals surface area contributed by atoms with E-state index in [0.717, 1.165) is 48.0 Å². The first kappa shape index (κ1) is 32.7. The number of aromatic nitrogens is 1. The standard InChI is InChI=1S/C18H16N.C15H28O2.Ir/c1-12-8-13(2)10-15(9-12)18-11-14(3)16-6-4-5-7-17(16)19-18;1-7-14(5,8-2)12(16)11-13(17)15(6,9-3)10-4;/h4-9,11H,1-3H3;11,16H,7-10H2,1-6H3;/q-1;;/b;12-11-;. The van der Waals surface area contributed by atoms with Gasteiger partial charge in [-0.05, 0) is 49.9 Å². The molecule has 1 N–H and O–H groups in total. The van der Waals surface area contributed by atoms with Crippen molar-refractivity contribution in [1.82, 2.24) is 4.98 Å². The Morgan fingerprint density at radius 2 is 1.49 bits per heavy atom. The molecule has 0 aliphatic carbocycles. The van der Waals surface area contributed by atoms with Crippen molar-refractivity contribution >= 4 is 16.7 Å². The second kappa shape index (κ2) is 14.0. The van der Waals surface area contributed by atoms with Crippen LogP contribution in [0.5, 0.6) is 0 Å². The van der Waals surface area contributed by atoms with Gasteiger partial charge in [0, 0.05) is 42.4 Å². The topological polar surface area (TPSA) is 50.2 Å². The monoisotopic (exact) mass is 679 g/mol. The summed E-state index contributed by atoms with van der Waals surface area (Å²) in [6, 6.07) is 18.1. The van der Waals surface area contributed by atoms with Crippen molar-refractivity contribution in [2.75, 3.05) is 0 Å². The molecule has 0 amide bonds. The van der Waals surface area contributed by atoms with E-state index in [1.807, 2.05) is 47.6 Å². The van der Waals surface area contributed by atoms with Crippen molar-refractivity contribution in [2.45, 2.75) is 88.0 Å². The minimum Gasteiger partial charge on any atom is -0.512 e. The van der Waals surface area contributed by atoms with E-state index in [9.17, 15) is 9.90 Å². The van der Waals surface area contributed by atoms with Crippen LogP contribution in [0.4, 0.5) is 0 Å². The molecule has 0 saturated heterocycles. The molecule has 0 bridgehead atoms. The summed E-state index contributed by atoms with van der Waals surface area (Å²) in [5, 5.41) is 11.4. The van der Waals surface area contributed by atoms with Gasteiger partial charge in [-0.25, -0.2) is 0 Å². The average molecular weight is 679 g/mol. The maximum absolute atomic E-state index is 12.2. The molecular formula is C33H44IrNO2-. The maximum atomic E-state index is 12.2. The van der Waals surface area contributed by atoms with Crippen LogP contribution in [0.1, 0.15) is 83.9 Å². The second-order valence-electron chi connectivity index (χ2n) is 10.5. The number of rotatable bonds is 8. The summed E-state index contributed by atoms with van der Waals surface area (Å²) in [5.41, 5.74) is 6.18. The van der Waals surface area contributed by atoms with E-state index in [1.54, 1.807) is 0 Å². The average Bonchev–Trinajstić information content (AvgIpc) is 2.87. The molecule has 0 saturated carbocycles. The number of ketones is 1.